The van der Waals surface area contributed by atoms with Gasteiger partial charge in [0.15, 0.2) is 11.5 Å². The first-order valence-electron chi connectivity index (χ1n) is 9.76. The second kappa shape index (κ2) is 8.51. The Kier molecular flexibility index (Phi) is 5.80. The third-order valence-corrected chi connectivity index (χ3v) is 5.93. The number of nitrogens with zero attached hydrogens (tertiary/aromatic N) is 1. The fraction of sp³-hybridized carbons (Fsp3) is 0.318. The molecule has 0 aliphatic carbocycles. The molecule has 1 aliphatic heterocycles. The van der Waals surface area contributed by atoms with E-state index in [9.17, 15) is 15.0 Å². The molecule has 3 heterocycles. The molecule has 3 aromatic rings. The molecule has 2 aromatic heterocycles. The minimum absolute atomic E-state index is 0.0250. The monoisotopic (exact) mass is 429 g/mol. The predicted molar refractivity (Wildman–Crippen MR) is 113 cm³/mol. The molecule has 1 atom stereocenters. The van der Waals surface area contributed by atoms with E-state index in [4.69, 9.17) is 14.6 Å². The van der Waals surface area contributed by atoms with Crippen LogP contribution < -0.4 is 4.74 Å². The summed E-state index contributed by atoms with van der Waals surface area (Å²) in [7, 11) is 0. The van der Waals surface area contributed by atoms with Crippen molar-refractivity contribution in [2.45, 2.75) is 26.0 Å². The van der Waals surface area contributed by atoms with Gasteiger partial charge in [-0.15, -0.1) is 11.3 Å². The number of rotatable bonds is 7. The number of aliphatic hydroxyl groups excluding tert-OH is 2. The van der Waals surface area contributed by atoms with Crippen molar-refractivity contribution in [3.8, 4) is 33.3 Å². The Hall–Kier alpha value is -2.81. The normalized spacial score (nSPS) is 13.4. The first-order valence-corrected chi connectivity index (χ1v) is 10.6. The van der Waals surface area contributed by atoms with E-state index in [-0.39, 0.29) is 24.1 Å². The van der Waals surface area contributed by atoms with Gasteiger partial charge >= 0.3 is 5.97 Å². The topological polar surface area (TPSA) is 101 Å². The zero-order chi connectivity index (χ0) is 21.3. The second-order valence-corrected chi connectivity index (χ2v) is 7.96. The first kappa shape index (κ1) is 20.5. The quantitative estimate of drug-likeness (QED) is 0.499. The lowest BCUT2D eigenvalue weighted by Crippen LogP contribution is -2.21. The third kappa shape index (κ3) is 3.69. The van der Waals surface area contributed by atoms with Gasteiger partial charge in [-0.05, 0) is 48.6 Å². The van der Waals surface area contributed by atoms with Gasteiger partial charge < -0.3 is 29.4 Å². The standard InChI is InChI=1S/C22H23NO6S/c1-2-28-22(27)16-9-17-15-10-19(29-12-14(25)11-24)18(26)8-13(15)5-6-23(17)21(16)20-4-3-7-30-20/h3-4,7-10,14,24-26H,2,5-6,11-12H2,1H3. The molecule has 0 amide bonds. The minimum Gasteiger partial charge on any atom is -0.504 e. The maximum absolute atomic E-state index is 12.7. The summed E-state index contributed by atoms with van der Waals surface area (Å²) in [5.74, 6) is -0.181. The van der Waals surface area contributed by atoms with E-state index in [0.717, 1.165) is 27.4 Å². The van der Waals surface area contributed by atoms with Gasteiger partial charge in [-0.25, -0.2) is 4.79 Å². The highest BCUT2D eigenvalue weighted by Gasteiger charge is 2.28. The molecule has 0 spiro atoms. The molecule has 158 valence electrons. The first-order chi connectivity index (χ1) is 14.5. The van der Waals surface area contributed by atoms with E-state index in [1.165, 1.54) is 0 Å². The highest BCUT2D eigenvalue weighted by Crippen LogP contribution is 2.43. The van der Waals surface area contributed by atoms with Crippen molar-refractivity contribution in [2.24, 2.45) is 0 Å². The molecule has 1 unspecified atom stereocenters. The van der Waals surface area contributed by atoms with Crippen LogP contribution in [0.1, 0.15) is 22.8 Å². The summed E-state index contributed by atoms with van der Waals surface area (Å²) in [4.78, 5) is 13.7. The molecule has 0 bridgehead atoms. The van der Waals surface area contributed by atoms with Gasteiger partial charge in [0, 0.05) is 17.8 Å². The third-order valence-electron chi connectivity index (χ3n) is 5.05. The predicted octanol–water partition coefficient (Wildman–Crippen LogP) is 3.05. The lowest BCUT2D eigenvalue weighted by molar-refractivity contribution is 0.0526. The van der Waals surface area contributed by atoms with E-state index in [1.807, 2.05) is 23.6 Å². The highest BCUT2D eigenvalue weighted by atomic mass is 32.1. The lowest BCUT2D eigenvalue weighted by Gasteiger charge is -2.23. The molecule has 0 saturated carbocycles. The van der Waals surface area contributed by atoms with Gasteiger partial charge in [0.25, 0.3) is 0 Å². The number of hydrogen-bond donors (Lipinski definition) is 3. The number of carbonyl (C=O) groups excluding carboxylic acids is 1. The number of benzene rings is 1. The van der Waals surface area contributed by atoms with Crippen molar-refractivity contribution >= 4 is 17.3 Å². The van der Waals surface area contributed by atoms with Crippen molar-refractivity contribution in [3.63, 3.8) is 0 Å². The van der Waals surface area contributed by atoms with Crippen molar-refractivity contribution in [3.05, 3.63) is 46.8 Å². The summed E-state index contributed by atoms with van der Waals surface area (Å²) in [5, 5.41) is 30.8. The molecule has 0 radical (unpaired) electrons. The number of fused-ring (bicyclic) bond motifs is 3. The molecular weight excluding hydrogens is 406 g/mol. The number of aliphatic hydroxyl groups is 2. The van der Waals surface area contributed by atoms with Crippen LogP contribution in [0.2, 0.25) is 0 Å². The highest BCUT2D eigenvalue weighted by molar-refractivity contribution is 7.13. The number of aromatic hydroxyl groups is 1. The molecule has 8 heteroatoms. The van der Waals surface area contributed by atoms with Crippen LogP contribution in [0.5, 0.6) is 11.5 Å². The molecule has 0 fully saturated rings. The van der Waals surface area contributed by atoms with E-state index in [0.29, 0.717) is 25.1 Å². The van der Waals surface area contributed by atoms with Gasteiger partial charge in [0.1, 0.15) is 12.7 Å². The average Bonchev–Trinajstić information content (AvgIpc) is 3.39. The summed E-state index contributed by atoms with van der Waals surface area (Å²) in [6.07, 6.45) is -0.352. The number of aryl methyl sites for hydroxylation is 1. The summed E-state index contributed by atoms with van der Waals surface area (Å²) >= 11 is 1.56. The molecule has 1 aliphatic rings. The second-order valence-electron chi connectivity index (χ2n) is 7.02. The smallest absolute Gasteiger partial charge is 0.340 e. The maximum atomic E-state index is 12.7. The van der Waals surface area contributed by atoms with E-state index in [1.54, 1.807) is 30.4 Å². The van der Waals surface area contributed by atoms with Crippen LogP contribution in [0.4, 0.5) is 0 Å². The SMILES string of the molecule is CCOC(=O)c1cc2n(c1-c1cccs1)CCc1cc(O)c(OCC(O)CO)cc1-2. The fourth-order valence-corrected chi connectivity index (χ4v) is 4.48. The summed E-state index contributed by atoms with van der Waals surface area (Å²) in [5.41, 5.74) is 3.97. The zero-order valence-electron chi connectivity index (χ0n) is 16.5. The Morgan fingerprint density at radius 3 is 2.87 bits per heavy atom. The lowest BCUT2D eigenvalue weighted by atomic mass is 9.97. The maximum Gasteiger partial charge on any atom is 0.340 e. The number of ether oxygens (including phenoxy) is 2. The number of carbonyl (C=O) groups is 1. The number of thiophene rings is 1. The number of aromatic nitrogens is 1. The van der Waals surface area contributed by atoms with Crippen LogP contribution in [-0.4, -0.2) is 51.8 Å². The van der Waals surface area contributed by atoms with Crippen LogP contribution in [0.3, 0.4) is 0 Å². The Morgan fingerprint density at radius 1 is 1.33 bits per heavy atom. The van der Waals surface area contributed by atoms with Crippen molar-refractivity contribution in [2.75, 3.05) is 19.8 Å². The average molecular weight is 429 g/mol. The van der Waals surface area contributed by atoms with Crippen LogP contribution >= 0.6 is 11.3 Å². The Morgan fingerprint density at radius 2 is 2.17 bits per heavy atom. The van der Waals surface area contributed by atoms with Gasteiger partial charge in [-0.3, -0.25) is 0 Å². The number of phenols is 1. The van der Waals surface area contributed by atoms with Crippen LogP contribution in [0.25, 0.3) is 21.8 Å². The fourth-order valence-electron chi connectivity index (χ4n) is 3.69. The van der Waals surface area contributed by atoms with E-state index in [2.05, 4.69) is 4.57 Å². The molecule has 30 heavy (non-hydrogen) atoms. The summed E-state index contributed by atoms with van der Waals surface area (Å²) in [6.45, 7) is 2.16. The molecule has 1 aromatic carbocycles. The minimum atomic E-state index is -1.04. The molecular formula is C22H23NO6S. The molecule has 3 N–H and O–H groups in total. The molecule has 7 nitrogen and oxygen atoms in total. The van der Waals surface area contributed by atoms with E-state index < -0.39 is 12.7 Å². The number of phenolic OH excluding ortho intramolecular Hbond substituents is 1. The Bertz CT molecular complexity index is 1060. The largest absolute Gasteiger partial charge is 0.504 e. The van der Waals surface area contributed by atoms with Gasteiger partial charge in [0.2, 0.25) is 0 Å². The summed E-state index contributed by atoms with van der Waals surface area (Å²) in [6, 6.07) is 9.12. The Balaban J connectivity index is 1.82. The summed E-state index contributed by atoms with van der Waals surface area (Å²) < 4.78 is 12.9. The van der Waals surface area contributed by atoms with Gasteiger partial charge in [-0.2, -0.15) is 0 Å². The van der Waals surface area contributed by atoms with E-state index >= 15 is 0 Å². The van der Waals surface area contributed by atoms with Crippen LogP contribution in [0, 0.1) is 0 Å². The number of esters is 1. The molecule has 4 rings (SSSR count). The van der Waals surface area contributed by atoms with Crippen LogP contribution in [0.15, 0.2) is 35.7 Å². The van der Waals surface area contributed by atoms with Gasteiger partial charge in [0.05, 0.1) is 29.3 Å². The van der Waals surface area contributed by atoms with Gasteiger partial charge in [-0.1, -0.05) is 6.07 Å². The van der Waals surface area contributed by atoms with Crippen LogP contribution in [-0.2, 0) is 17.7 Å². The Labute approximate surface area is 177 Å². The molecule has 0 saturated heterocycles. The van der Waals surface area contributed by atoms with Crippen molar-refractivity contribution < 1.29 is 29.6 Å². The van der Waals surface area contributed by atoms with Crippen molar-refractivity contribution in [1.29, 1.82) is 0 Å². The van der Waals surface area contributed by atoms with Crippen molar-refractivity contribution in [1.82, 2.24) is 4.57 Å². The number of hydrogen-bond acceptors (Lipinski definition) is 7. The zero-order valence-corrected chi connectivity index (χ0v) is 17.3.